The lowest BCUT2D eigenvalue weighted by Gasteiger charge is -2.31. The van der Waals surface area contributed by atoms with Crippen LogP contribution in [-0.4, -0.2) is 40.6 Å². The van der Waals surface area contributed by atoms with E-state index in [0.717, 1.165) is 16.8 Å². The third-order valence-corrected chi connectivity index (χ3v) is 5.39. The van der Waals surface area contributed by atoms with Crippen molar-refractivity contribution in [2.75, 3.05) is 23.4 Å². The molecule has 1 aliphatic heterocycles. The number of alkyl halides is 3. The molecule has 2 heterocycles. The number of rotatable bonds is 7. The number of nitrogens with one attached hydrogen (secondary N) is 1. The van der Waals surface area contributed by atoms with Crippen LogP contribution in [0.25, 0.3) is 0 Å². The minimum Gasteiger partial charge on any atom is -0.406 e. The molecule has 2 aromatic rings. The van der Waals surface area contributed by atoms with E-state index < -0.39 is 6.36 Å². The standard InChI is InChI=1S/C22H29F3N4O2/c1-13(2)18-10-20(28-21(26-18)27-19(12-30)14(3)4)29-8-7-15-5-6-17(9-16(15)11-29)31-22(23,24)25/h5-6,9-10,13-14,19,30H,7-8,11-12H2,1-4H3,(H,26,27,28)/t19-/m1/s1. The molecule has 1 atom stereocenters. The summed E-state index contributed by atoms with van der Waals surface area (Å²) in [5.41, 5.74) is 2.64. The van der Waals surface area contributed by atoms with Crippen LogP contribution in [-0.2, 0) is 13.0 Å². The zero-order valence-electron chi connectivity index (χ0n) is 18.2. The molecule has 0 radical (unpaired) electrons. The second-order valence-corrected chi connectivity index (χ2v) is 8.46. The predicted molar refractivity (Wildman–Crippen MR) is 113 cm³/mol. The van der Waals surface area contributed by atoms with Crippen molar-refractivity contribution < 1.29 is 23.0 Å². The number of aliphatic hydroxyl groups excluding tert-OH is 1. The number of halogens is 3. The van der Waals surface area contributed by atoms with E-state index in [0.29, 0.717) is 31.3 Å². The maximum absolute atomic E-state index is 12.6. The number of hydrogen-bond donors (Lipinski definition) is 2. The van der Waals surface area contributed by atoms with Crippen LogP contribution in [0.5, 0.6) is 5.75 Å². The molecule has 0 fully saturated rings. The Hall–Kier alpha value is -2.55. The Labute approximate surface area is 180 Å². The third-order valence-electron chi connectivity index (χ3n) is 5.39. The number of ether oxygens (including phenoxy) is 1. The Balaban J connectivity index is 1.88. The number of nitrogens with zero attached hydrogens (tertiary/aromatic N) is 3. The second kappa shape index (κ2) is 9.30. The maximum atomic E-state index is 12.6. The highest BCUT2D eigenvalue weighted by Gasteiger charge is 2.31. The number of anilines is 2. The second-order valence-electron chi connectivity index (χ2n) is 8.46. The quantitative estimate of drug-likeness (QED) is 0.664. The molecule has 0 unspecified atom stereocenters. The summed E-state index contributed by atoms with van der Waals surface area (Å²) in [5, 5.41) is 12.9. The lowest BCUT2D eigenvalue weighted by atomic mass is 9.99. The minimum absolute atomic E-state index is 0.0403. The summed E-state index contributed by atoms with van der Waals surface area (Å²) in [7, 11) is 0. The molecule has 0 amide bonds. The van der Waals surface area contributed by atoms with Gasteiger partial charge in [-0.3, -0.25) is 0 Å². The number of aromatic nitrogens is 2. The summed E-state index contributed by atoms with van der Waals surface area (Å²) in [6.45, 7) is 9.15. The van der Waals surface area contributed by atoms with E-state index in [1.165, 1.54) is 12.1 Å². The fourth-order valence-electron chi connectivity index (χ4n) is 3.49. The van der Waals surface area contributed by atoms with Crippen LogP contribution in [0, 0.1) is 5.92 Å². The Kier molecular flexibility index (Phi) is 6.93. The van der Waals surface area contributed by atoms with Crippen molar-refractivity contribution in [2.24, 2.45) is 5.92 Å². The van der Waals surface area contributed by atoms with Gasteiger partial charge in [0.05, 0.1) is 18.3 Å². The van der Waals surface area contributed by atoms with Gasteiger partial charge < -0.3 is 20.1 Å². The monoisotopic (exact) mass is 438 g/mol. The first-order valence-electron chi connectivity index (χ1n) is 10.4. The Bertz CT molecular complexity index is 903. The van der Waals surface area contributed by atoms with Gasteiger partial charge in [-0.2, -0.15) is 4.98 Å². The van der Waals surface area contributed by atoms with Crippen LogP contribution >= 0.6 is 0 Å². The van der Waals surface area contributed by atoms with Crippen LogP contribution in [0.15, 0.2) is 24.3 Å². The fourth-order valence-corrected chi connectivity index (χ4v) is 3.49. The highest BCUT2D eigenvalue weighted by molar-refractivity contribution is 5.50. The van der Waals surface area contributed by atoms with Gasteiger partial charge in [-0.15, -0.1) is 13.2 Å². The molecule has 0 spiro atoms. The molecule has 170 valence electrons. The van der Waals surface area contributed by atoms with E-state index in [-0.39, 0.29) is 30.2 Å². The fraction of sp³-hybridized carbons (Fsp3) is 0.545. The molecule has 6 nitrogen and oxygen atoms in total. The van der Waals surface area contributed by atoms with Crippen molar-refractivity contribution in [2.45, 2.75) is 59.0 Å². The number of aliphatic hydroxyl groups is 1. The van der Waals surface area contributed by atoms with Gasteiger partial charge in [0.15, 0.2) is 0 Å². The summed E-state index contributed by atoms with van der Waals surface area (Å²) in [6.07, 6.45) is -4.03. The van der Waals surface area contributed by atoms with Crippen LogP contribution < -0.4 is 15.0 Å². The highest BCUT2D eigenvalue weighted by Crippen LogP contribution is 2.30. The summed E-state index contributed by atoms with van der Waals surface area (Å²) in [4.78, 5) is 11.3. The van der Waals surface area contributed by atoms with Crippen molar-refractivity contribution in [1.82, 2.24) is 9.97 Å². The third kappa shape index (κ3) is 6.00. The van der Waals surface area contributed by atoms with Gasteiger partial charge in [0.1, 0.15) is 11.6 Å². The number of benzene rings is 1. The molecular weight excluding hydrogens is 409 g/mol. The van der Waals surface area contributed by atoms with Crippen LogP contribution in [0.3, 0.4) is 0 Å². The molecule has 1 aromatic carbocycles. The Morgan fingerprint density at radius 1 is 1.13 bits per heavy atom. The van der Waals surface area contributed by atoms with Gasteiger partial charge in [-0.05, 0) is 41.5 Å². The van der Waals surface area contributed by atoms with E-state index in [1.807, 2.05) is 38.7 Å². The molecule has 1 aromatic heterocycles. The van der Waals surface area contributed by atoms with E-state index in [4.69, 9.17) is 0 Å². The van der Waals surface area contributed by atoms with E-state index >= 15 is 0 Å². The van der Waals surface area contributed by atoms with Gasteiger partial charge in [0, 0.05) is 19.2 Å². The van der Waals surface area contributed by atoms with Crippen molar-refractivity contribution in [1.29, 1.82) is 0 Å². The van der Waals surface area contributed by atoms with Gasteiger partial charge in [0.2, 0.25) is 5.95 Å². The maximum Gasteiger partial charge on any atom is 0.573 e. The molecule has 0 bridgehead atoms. The molecule has 31 heavy (non-hydrogen) atoms. The van der Waals surface area contributed by atoms with Gasteiger partial charge in [-0.25, -0.2) is 4.98 Å². The molecule has 9 heteroatoms. The lowest BCUT2D eigenvalue weighted by Crippen LogP contribution is -2.33. The Morgan fingerprint density at radius 3 is 2.48 bits per heavy atom. The Morgan fingerprint density at radius 2 is 1.87 bits per heavy atom. The van der Waals surface area contributed by atoms with Gasteiger partial charge in [-0.1, -0.05) is 33.8 Å². The summed E-state index contributed by atoms with van der Waals surface area (Å²) < 4.78 is 41.9. The van der Waals surface area contributed by atoms with Crippen LogP contribution in [0.1, 0.15) is 50.4 Å². The largest absolute Gasteiger partial charge is 0.573 e. The van der Waals surface area contributed by atoms with Crippen molar-refractivity contribution in [3.8, 4) is 5.75 Å². The smallest absolute Gasteiger partial charge is 0.406 e. The van der Waals surface area contributed by atoms with Gasteiger partial charge >= 0.3 is 6.36 Å². The first kappa shape index (κ1) is 23.1. The van der Waals surface area contributed by atoms with E-state index in [2.05, 4.69) is 20.0 Å². The topological polar surface area (TPSA) is 70.5 Å². The summed E-state index contributed by atoms with van der Waals surface area (Å²) >= 11 is 0. The zero-order valence-corrected chi connectivity index (χ0v) is 18.2. The summed E-state index contributed by atoms with van der Waals surface area (Å²) in [6, 6.07) is 6.22. The number of hydrogen-bond acceptors (Lipinski definition) is 6. The first-order chi connectivity index (χ1) is 14.6. The first-order valence-corrected chi connectivity index (χ1v) is 10.4. The minimum atomic E-state index is -4.72. The van der Waals surface area contributed by atoms with Crippen molar-refractivity contribution >= 4 is 11.8 Å². The lowest BCUT2D eigenvalue weighted by molar-refractivity contribution is -0.274. The SMILES string of the molecule is CC(C)c1cc(N2CCc3ccc(OC(F)(F)F)cc3C2)nc(N[C@H](CO)C(C)C)n1. The zero-order chi connectivity index (χ0) is 22.8. The number of fused-ring (bicyclic) bond motifs is 1. The molecular formula is C22H29F3N4O2. The average Bonchev–Trinajstić information content (AvgIpc) is 2.69. The van der Waals surface area contributed by atoms with Gasteiger partial charge in [0.25, 0.3) is 0 Å². The molecule has 1 aliphatic rings. The van der Waals surface area contributed by atoms with Crippen molar-refractivity contribution in [3.63, 3.8) is 0 Å². The van der Waals surface area contributed by atoms with Crippen LogP contribution in [0.4, 0.5) is 24.9 Å². The molecule has 2 N–H and O–H groups in total. The predicted octanol–water partition coefficient (Wildman–Crippen LogP) is 4.49. The van der Waals surface area contributed by atoms with E-state index in [1.54, 1.807) is 6.07 Å². The normalized spacial score (nSPS) is 15.2. The van der Waals surface area contributed by atoms with E-state index in [9.17, 15) is 18.3 Å². The van der Waals surface area contributed by atoms with Crippen LogP contribution in [0.2, 0.25) is 0 Å². The molecule has 0 saturated carbocycles. The molecule has 3 rings (SSSR count). The molecule has 0 aliphatic carbocycles. The average molecular weight is 438 g/mol. The molecule has 0 saturated heterocycles. The highest BCUT2D eigenvalue weighted by atomic mass is 19.4. The summed E-state index contributed by atoms with van der Waals surface area (Å²) in [5.74, 6) is 1.28. The van der Waals surface area contributed by atoms with Crippen molar-refractivity contribution in [3.05, 3.63) is 41.1 Å².